The monoisotopic (exact) mass is 328 g/mol. The highest BCUT2D eigenvalue weighted by molar-refractivity contribution is 6.01. The minimum absolute atomic E-state index is 0.0631. The van der Waals surface area contributed by atoms with Crippen LogP contribution >= 0.6 is 0 Å². The van der Waals surface area contributed by atoms with Gasteiger partial charge in [0.05, 0.1) is 0 Å². The van der Waals surface area contributed by atoms with Crippen LogP contribution in [0, 0.1) is 19.3 Å². The minimum atomic E-state index is -0.975. The van der Waals surface area contributed by atoms with E-state index in [2.05, 4.69) is 6.92 Å². The van der Waals surface area contributed by atoms with Crippen LogP contribution in [-0.2, 0) is 16.0 Å². The SMILES string of the molecule is CCCC12CCC(=O)C=C1c1c(cc(OCC(=O)O)c(C)c1C)C2. The maximum Gasteiger partial charge on any atom is 0.341 e. The first-order valence-corrected chi connectivity index (χ1v) is 8.61. The number of aliphatic carboxylic acids is 1. The normalized spacial score (nSPS) is 22.0. The van der Waals surface area contributed by atoms with Crippen LogP contribution in [0.25, 0.3) is 5.57 Å². The zero-order chi connectivity index (χ0) is 17.5. The van der Waals surface area contributed by atoms with E-state index >= 15 is 0 Å². The smallest absolute Gasteiger partial charge is 0.341 e. The summed E-state index contributed by atoms with van der Waals surface area (Å²) in [4.78, 5) is 22.8. The van der Waals surface area contributed by atoms with Gasteiger partial charge in [0.25, 0.3) is 0 Å². The topological polar surface area (TPSA) is 63.6 Å². The van der Waals surface area contributed by atoms with Gasteiger partial charge in [-0.25, -0.2) is 4.79 Å². The summed E-state index contributed by atoms with van der Waals surface area (Å²) in [6.07, 6.45) is 6.46. The Labute approximate surface area is 142 Å². The Balaban J connectivity index is 2.09. The lowest BCUT2D eigenvalue weighted by Gasteiger charge is -2.34. The average Bonchev–Trinajstić information content (AvgIpc) is 2.83. The summed E-state index contributed by atoms with van der Waals surface area (Å²) in [6, 6.07) is 1.99. The molecule has 1 unspecified atom stereocenters. The summed E-state index contributed by atoms with van der Waals surface area (Å²) in [6.45, 7) is 5.85. The Bertz CT molecular complexity index is 744. The summed E-state index contributed by atoms with van der Waals surface area (Å²) in [5.74, 6) is -0.115. The third-order valence-corrected chi connectivity index (χ3v) is 5.54. The largest absolute Gasteiger partial charge is 0.482 e. The molecule has 1 N–H and O–H groups in total. The number of benzene rings is 1. The molecule has 24 heavy (non-hydrogen) atoms. The van der Waals surface area contributed by atoms with Crippen molar-refractivity contribution in [3.63, 3.8) is 0 Å². The van der Waals surface area contributed by atoms with Crippen molar-refractivity contribution in [2.45, 2.75) is 52.9 Å². The van der Waals surface area contributed by atoms with E-state index in [4.69, 9.17) is 9.84 Å². The highest BCUT2D eigenvalue weighted by Gasteiger charge is 2.44. The summed E-state index contributed by atoms with van der Waals surface area (Å²) in [7, 11) is 0. The molecule has 0 aromatic heterocycles. The van der Waals surface area contributed by atoms with E-state index in [1.807, 2.05) is 26.0 Å². The zero-order valence-corrected chi connectivity index (χ0v) is 14.6. The third-order valence-electron chi connectivity index (χ3n) is 5.54. The Morgan fingerprint density at radius 2 is 2.08 bits per heavy atom. The molecule has 0 fully saturated rings. The molecule has 0 radical (unpaired) electrons. The van der Waals surface area contributed by atoms with Gasteiger partial charge in [-0.1, -0.05) is 13.3 Å². The zero-order valence-electron chi connectivity index (χ0n) is 14.6. The second-order valence-electron chi connectivity index (χ2n) is 7.07. The van der Waals surface area contributed by atoms with Gasteiger partial charge in [-0.3, -0.25) is 4.79 Å². The second kappa shape index (κ2) is 6.08. The van der Waals surface area contributed by atoms with Crippen LogP contribution < -0.4 is 4.74 Å². The van der Waals surface area contributed by atoms with Gasteiger partial charge in [0.15, 0.2) is 12.4 Å². The lowest BCUT2D eigenvalue weighted by atomic mass is 9.69. The first-order valence-electron chi connectivity index (χ1n) is 8.61. The quantitative estimate of drug-likeness (QED) is 0.891. The van der Waals surface area contributed by atoms with Crippen molar-refractivity contribution < 1.29 is 19.4 Å². The van der Waals surface area contributed by atoms with Crippen LogP contribution in [0.5, 0.6) is 5.75 Å². The molecule has 0 amide bonds. The number of fused-ring (bicyclic) bond motifs is 3. The van der Waals surface area contributed by atoms with Crippen molar-refractivity contribution in [2.24, 2.45) is 5.41 Å². The number of carbonyl (C=O) groups is 2. The molecule has 1 aromatic carbocycles. The summed E-state index contributed by atoms with van der Waals surface area (Å²) in [5.41, 5.74) is 5.70. The van der Waals surface area contributed by atoms with Crippen LogP contribution in [0.2, 0.25) is 0 Å². The number of carboxylic acid groups (broad SMARTS) is 1. The van der Waals surface area contributed by atoms with Crippen LogP contribution in [-0.4, -0.2) is 23.5 Å². The molecule has 1 atom stereocenters. The van der Waals surface area contributed by atoms with E-state index in [9.17, 15) is 9.59 Å². The highest BCUT2D eigenvalue weighted by Crippen LogP contribution is 2.56. The number of hydrogen-bond donors (Lipinski definition) is 1. The summed E-state index contributed by atoms with van der Waals surface area (Å²) < 4.78 is 5.49. The van der Waals surface area contributed by atoms with Crippen molar-refractivity contribution in [1.82, 2.24) is 0 Å². The molecular formula is C20H24O4. The fourth-order valence-electron chi connectivity index (χ4n) is 4.35. The molecule has 128 valence electrons. The molecule has 0 bridgehead atoms. The first-order chi connectivity index (χ1) is 11.4. The van der Waals surface area contributed by atoms with Crippen LogP contribution in [0.3, 0.4) is 0 Å². The number of rotatable bonds is 5. The van der Waals surface area contributed by atoms with E-state index < -0.39 is 5.97 Å². The lowest BCUT2D eigenvalue weighted by Crippen LogP contribution is -2.25. The van der Waals surface area contributed by atoms with Crippen molar-refractivity contribution in [1.29, 1.82) is 0 Å². The minimum Gasteiger partial charge on any atom is -0.482 e. The number of carboxylic acids is 1. The number of carbonyl (C=O) groups excluding carboxylic acids is 1. The van der Waals surface area contributed by atoms with Crippen LogP contribution in [0.1, 0.15) is 54.9 Å². The van der Waals surface area contributed by atoms with Gasteiger partial charge < -0.3 is 9.84 Å². The predicted octanol–water partition coefficient (Wildman–Crippen LogP) is 3.86. The van der Waals surface area contributed by atoms with Crippen molar-refractivity contribution in [3.05, 3.63) is 34.4 Å². The standard InChI is InChI=1S/C20H24O4/c1-4-6-20-7-5-15(21)9-16(20)19-13(3)12(2)17(8-14(19)10-20)24-11-18(22)23/h8-9H,4-7,10-11H2,1-3H3,(H,22,23). The summed E-state index contributed by atoms with van der Waals surface area (Å²) >= 11 is 0. The van der Waals surface area contributed by atoms with Gasteiger partial charge in [-0.05, 0) is 73.1 Å². The Kier molecular flexibility index (Phi) is 4.24. The van der Waals surface area contributed by atoms with Gasteiger partial charge in [0.1, 0.15) is 5.75 Å². The molecule has 0 spiro atoms. The van der Waals surface area contributed by atoms with Gasteiger partial charge in [-0.2, -0.15) is 0 Å². The van der Waals surface area contributed by atoms with Crippen LogP contribution in [0.15, 0.2) is 12.1 Å². The van der Waals surface area contributed by atoms with E-state index in [0.29, 0.717) is 12.2 Å². The van der Waals surface area contributed by atoms with Gasteiger partial charge >= 0.3 is 5.97 Å². The fourth-order valence-corrected chi connectivity index (χ4v) is 4.35. The highest BCUT2D eigenvalue weighted by atomic mass is 16.5. The number of hydrogen-bond acceptors (Lipinski definition) is 3. The molecule has 1 aromatic rings. The molecule has 3 rings (SSSR count). The second-order valence-corrected chi connectivity index (χ2v) is 7.07. The maximum absolute atomic E-state index is 12.0. The molecule has 0 heterocycles. The van der Waals surface area contributed by atoms with Gasteiger partial charge in [0.2, 0.25) is 0 Å². The van der Waals surface area contributed by atoms with Gasteiger partial charge in [0, 0.05) is 11.8 Å². The Hall–Kier alpha value is -2.10. The maximum atomic E-state index is 12.0. The molecule has 0 saturated heterocycles. The first kappa shape index (κ1) is 16.7. The summed E-state index contributed by atoms with van der Waals surface area (Å²) in [5, 5.41) is 8.87. The van der Waals surface area contributed by atoms with Crippen molar-refractivity contribution >= 4 is 17.3 Å². The van der Waals surface area contributed by atoms with E-state index in [1.54, 1.807) is 0 Å². The third kappa shape index (κ3) is 2.64. The molecule has 0 saturated carbocycles. The van der Waals surface area contributed by atoms with Gasteiger partial charge in [-0.15, -0.1) is 0 Å². The number of ether oxygens (including phenoxy) is 1. The van der Waals surface area contributed by atoms with Crippen molar-refractivity contribution in [2.75, 3.05) is 6.61 Å². The molecule has 0 aliphatic heterocycles. The molecule has 2 aliphatic carbocycles. The number of allylic oxidation sites excluding steroid dienone is 2. The van der Waals surface area contributed by atoms with E-state index in [-0.39, 0.29) is 17.8 Å². The number of ketones is 1. The Morgan fingerprint density at radius 1 is 1.33 bits per heavy atom. The molecule has 2 aliphatic rings. The molecule has 4 nitrogen and oxygen atoms in total. The predicted molar refractivity (Wildman–Crippen MR) is 92.3 cm³/mol. The van der Waals surface area contributed by atoms with E-state index in [0.717, 1.165) is 36.8 Å². The van der Waals surface area contributed by atoms with Crippen molar-refractivity contribution in [3.8, 4) is 5.75 Å². The Morgan fingerprint density at radius 3 is 2.75 bits per heavy atom. The molecular weight excluding hydrogens is 304 g/mol. The fraction of sp³-hybridized carbons (Fsp3) is 0.500. The van der Waals surface area contributed by atoms with E-state index in [1.165, 1.54) is 16.7 Å². The lowest BCUT2D eigenvalue weighted by molar-refractivity contribution is -0.139. The molecule has 4 heteroatoms. The van der Waals surface area contributed by atoms with Crippen LogP contribution in [0.4, 0.5) is 0 Å². The average molecular weight is 328 g/mol.